The van der Waals surface area contributed by atoms with Gasteiger partial charge in [-0.2, -0.15) is 0 Å². The Kier molecular flexibility index (Phi) is 6.49. The van der Waals surface area contributed by atoms with E-state index in [9.17, 15) is 4.79 Å². The standard InChI is InChI=1S/C15H30O4/c1-13(2,3)19-12(17)8-14(4,5)10-18-11-15(6,7)9-16/h16H,8-11H2,1-7H3. The molecular weight excluding hydrogens is 244 g/mol. The molecule has 0 aromatic rings. The Morgan fingerprint density at radius 1 is 0.947 bits per heavy atom. The smallest absolute Gasteiger partial charge is 0.306 e. The average molecular weight is 274 g/mol. The first-order chi connectivity index (χ1) is 8.37. The number of esters is 1. The van der Waals surface area contributed by atoms with Gasteiger partial charge in [0, 0.05) is 5.41 Å². The van der Waals surface area contributed by atoms with Crippen LogP contribution in [0, 0.1) is 10.8 Å². The number of rotatable bonds is 7. The maximum absolute atomic E-state index is 11.8. The number of carbonyl (C=O) groups is 1. The highest BCUT2D eigenvalue weighted by Gasteiger charge is 2.27. The van der Waals surface area contributed by atoms with Gasteiger partial charge in [0.25, 0.3) is 0 Å². The predicted molar refractivity (Wildman–Crippen MR) is 75.9 cm³/mol. The molecule has 0 rings (SSSR count). The summed E-state index contributed by atoms with van der Waals surface area (Å²) in [5, 5.41) is 9.14. The van der Waals surface area contributed by atoms with E-state index in [1.54, 1.807) is 0 Å². The van der Waals surface area contributed by atoms with Gasteiger partial charge in [-0.25, -0.2) is 0 Å². The Balaban J connectivity index is 4.15. The minimum Gasteiger partial charge on any atom is -0.460 e. The van der Waals surface area contributed by atoms with Gasteiger partial charge in [-0.1, -0.05) is 27.7 Å². The van der Waals surface area contributed by atoms with Crippen molar-refractivity contribution in [3.05, 3.63) is 0 Å². The molecule has 0 spiro atoms. The van der Waals surface area contributed by atoms with Crippen LogP contribution in [-0.2, 0) is 14.3 Å². The molecule has 0 bridgehead atoms. The lowest BCUT2D eigenvalue weighted by atomic mass is 9.90. The van der Waals surface area contributed by atoms with Crippen molar-refractivity contribution in [3.63, 3.8) is 0 Å². The van der Waals surface area contributed by atoms with Gasteiger partial charge in [0.1, 0.15) is 5.60 Å². The lowest BCUT2D eigenvalue weighted by molar-refractivity contribution is -0.158. The first-order valence-corrected chi connectivity index (χ1v) is 6.77. The summed E-state index contributed by atoms with van der Waals surface area (Å²) in [4.78, 5) is 11.8. The fourth-order valence-electron chi connectivity index (χ4n) is 1.47. The normalized spacial score (nSPS) is 13.5. The number of ether oxygens (including phenoxy) is 2. The molecule has 0 aliphatic rings. The minimum atomic E-state index is -0.451. The second kappa shape index (κ2) is 6.71. The van der Waals surface area contributed by atoms with E-state index in [2.05, 4.69) is 0 Å². The second-order valence-electron chi connectivity index (χ2n) is 7.74. The van der Waals surface area contributed by atoms with Gasteiger partial charge in [-0.3, -0.25) is 4.79 Å². The highest BCUT2D eigenvalue weighted by Crippen LogP contribution is 2.24. The highest BCUT2D eigenvalue weighted by atomic mass is 16.6. The second-order valence-corrected chi connectivity index (χ2v) is 7.74. The summed E-state index contributed by atoms with van der Waals surface area (Å²) in [6.45, 7) is 14.4. The Bertz CT molecular complexity index is 287. The summed E-state index contributed by atoms with van der Waals surface area (Å²) in [5.41, 5.74) is -0.969. The van der Waals surface area contributed by atoms with Gasteiger partial charge in [-0.05, 0) is 26.2 Å². The van der Waals surface area contributed by atoms with Gasteiger partial charge in [0.05, 0.1) is 26.2 Å². The summed E-state index contributed by atoms with van der Waals surface area (Å²) in [5.74, 6) is -0.206. The van der Waals surface area contributed by atoms with E-state index in [0.29, 0.717) is 19.6 Å². The van der Waals surface area contributed by atoms with Gasteiger partial charge in [0.2, 0.25) is 0 Å². The van der Waals surface area contributed by atoms with Crippen molar-refractivity contribution in [2.75, 3.05) is 19.8 Å². The summed E-state index contributed by atoms with van der Waals surface area (Å²) in [6.07, 6.45) is 0.323. The molecule has 0 unspecified atom stereocenters. The lowest BCUT2D eigenvalue weighted by Crippen LogP contribution is -2.31. The van der Waals surface area contributed by atoms with Crippen LogP contribution < -0.4 is 0 Å². The third-order valence-corrected chi connectivity index (χ3v) is 2.46. The minimum absolute atomic E-state index is 0.0828. The molecule has 0 aliphatic carbocycles. The zero-order chi connectivity index (χ0) is 15.3. The Morgan fingerprint density at radius 3 is 1.84 bits per heavy atom. The van der Waals surface area contributed by atoms with E-state index >= 15 is 0 Å². The number of aliphatic hydroxyl groups is 1. The molecule has 0 amide bonds. The summed E-state index contributed by atoms with van der Waals surface area (Å²) < 4.78 is 10.9. The quantitative estimate of drug-likeness (QED) is 0.725. The summed E-state index contributed by atoms with van der Waals surface area (Å²) >= 11 is 0. The Labute approximate surface area is 117 Å². The van der Waals surface area contributed by atoms with Crippen LogP contribution in [0.5, 0.6) is 0 Å². The predicted octanol–water partition coefficient (Wildman–Crippen LogP) is 2.78. The van der Waals surface area contributed by atoms with E-state index in [0.717, 1.165) is 0 Å². The van der Waals surface area contributed by atoms with Gasteiger partial charge < -0.3 is 14.6 Å². The molecule has 0 aromatic carbocycles. The number of hydrogen-bond acceptors (Lipinski definition) is 4. The van der Waals surface area contributed by atoms with Crippen molar-refractivity contribution >= 4 is 5.97 Å². The molecule has 4 heteroatoms. The van der Waals surface area contributed by atoms with Crippen LogP contribution in [-0.4, -0.2) is 36.5 Å². The molecule has 4 nitrogen and oxygen atoms in total. The van der Waals surface area contributed by atoms with Crippen LogP contribution in [0.15, 0.2) is 0 Å². The lowest BCUT2D eigenvalue weighted by Gasteiger charge is -2.28. The van der Waals surface area contributed by atoms with E-state index in [4.69, 9.17) is 14.6 Å². The molecule has 114 valence electrons. The van der Waals surface area contributed by atoms with Crippen LogP contribution in [0.25, 0.3) is 0 Å². The zero-order valence-electron chi connectivity index (χ0n) is 13.5. The van der Waals surface area contributed by atoms with E-state index < -0.39 is 5.60 Å². The highest BCUT2D eigenvalue weighted by molar-refractivity contribution is 5.70. The third kappa shape index (κ3) is 9.91. The van der Waals surface area contributed by atoms with Crippen LogP contribution in [0.4, 0.5) is 0 Å². The van der Waals surface area contributed by atoms with Crippen molar-refractivity contribution in [1.82, 2.24) is 0 Å². The molecule has 0 saturated heterocycles. The van der Waals surface area contributed by atoms with Crippen LogP contribution in [0.1, 0.15) is 54.9 Å². The molecule has 0 heterocycles. The van der Waals surface area contributed by atoms with Crippen LogP contribution in [0.2, 0.25) is 0 Å². The van der Waals surface area contributed by atoms with Crippen LogP contribution >= 0.6 is 0 Å². The Hall–Kier alpha value is -0.610. The number of hydrogen-bond donors (Lipinski definition) is 1. The van der Waals surface area contributed by atoms with Crippen molar-refractivity contribution < 1.29 is 19.4 Å². The largest absolute Gasteiger partial charge is 0.460 e. The molecule has 0 aliphatic heterocycles. The van der Waals surface area contributed by atoms with E-state index in [1.165, 1.54) is 0 Å². The summed E-state index contributed by atoms with van der Waals surface area (Å²) in [7, 11) is 0. The van der Waals surface area contributed by atoms with Crippen molar-refractivity contribution in [2.24, 2.45) is 10.8 Å². The number of aliphatic hydroxyl groups excluding tert-OH is 1. The van der Waals surface area contributed by atoms with Gasteiger partial charge in [0.15, 0.2) is 0 Å². The average Bonchev–Trinajstić information content (AvgIpc) is 2.12. The molecule has 0 fully saturated rings. The van der Waals surface area contributed by atoms with Crippen molar-refractivity contribution in [2.45, 2.75) is 60.5 Å². The molecule has 0 radical (unpaired) electrons. The number of carbonyl (C=O) groups excluding carboxylic acids is 1. The van der Waals surface area contributed by atoms with E-state index in [-0.39, 0.29) is 23.4 Å². The van der Waals surface area contributed by atoms with Crippen molar-refractivity contribution in [1.29, 1.82) is 0 Å². The fourth-order valence-corrected chi connectivity index (χ4v) is 1.47. The third-order valence-electron chi connectivity index (χ3n) is 2.46. The molecule has 0 aromatic heterocycles. The molecular formula is C15H30O4. The fraction of sp³-hybridized carbons (Fsp3) is 0.933. The first kappa shape index (κ1) is 18.4. The molecule has 0 saturated carbocycles. The topological polar surface area (TPSA) is 55.8 Å². The van der Waals surface area contributed by atoms with Crippen LogP contribution in [0.3, 0.4) is 0 Å². The summed E-state index contributed by atoms with van der Waals surface area (Å²) in [6, 6.07) is 0. The van der Waals surface area contributed by atoms with Crippen molar-refractivity contribution in [3.8, 4) is 0 Å². The monoisotopic (exact) mass is 274 g/mol. The SMILES string of the molecule is CC(C)(CO)COCC(C)(C)CC(=O)OC(C)(C)C. The molecule has 19 heavy (non-hydrogen) atoms. The maximum Gasteiger partial charge on any atom is 0.306 e. The maximum atomic E-state index is 11.8. The first-order valence-electron chi connectivity index (χ1n) is 6.77. The van der Waals surface area contributed by atoms with E-state index in [1.807, 2.05) is 48.5 Å². The molecule has 0 atom stereocenters. The molecule has 1 N–H and O–H groups in total. The Morgan fingerprint density at radius 2 is 1.42 bits per heavy atom. The van der Waals surface area contributed by atoms with Gasteiger partial charge in [-0.15, -0.1) is 0 Å². The van der Waals surface area contributed by atoms with Gasteiger partial charge >= 0.3 is 5.97 Å². The zero-order valence-corrected chi connectivity index (χ0v) is 13.5.